The molecular formula is C16H18Cl2N2S. The molecule has 2 atom stereocenters. The highest BCUT2D eigenvalue weighted by molar-refractivity contribution is 7.10. The lowest BCUT2D eigenvalue weighted by molar-refractivity contribution is 0.139. The Kier molecular flexibility index (Phi) is 4.57. The summed E-state index contributed by atoms with van der Waals surface area (Å²) < 4.78 is 0. The summed E-state index contributed by atoms with van der Waals surface area (Å²) in [6.07, 6.45) is 1.07. The molecule has 3 rings (SSSR count). The second-order valence-electron chi connectivity index (χ2n) is 5.35. The fourth-order valence-electron chi connectivity index (χ4n) is 3.20. The third-order valence-corrected chi connectivity index (χ3v) is 5.94. The zero-order valence-electron chi connectivity index (χ0n) is 11.9. The molecule has 0 spiro atoms. The van der Waals surface area contributed by atoms with E-state index in [0.717, 1.165) is 18.5 Å². The van der Waals surface area contributed by atoms with Crippen LogP contribution in [0.1, 0.15) is 35.0 Å². The van der Waals surface area contributed by atoms with E-state index in [1.54, 1.807) is 0 Å². The first-order valence-corrected chi connectivity index (χ1v) is 8.73. The summed E-state index contributed by atoms with van der Waals surface area (Å²) in [5.74, 6) is 0. The van der Waals surface area contributed by atoms with Gasteiger partial charge in [0, 0.05) is 39.6 Å². The van der Waals surface area contributed by atoms with Gasteiger partial charge in [0.1, 0.15) is 0 Å². The highest BCUT2D eigenvalue weighted by Gasteiger charge is 2.32. The molecule has 1 aliphatic rings. The third-order valence-electron chi connectivity index (χ3n) is 4.28. The van der Waals surface area contributed by atoms with Crippen molar-refractivity contribution < 1.29 is 0 Å². The molecule has 1 aromatic carbocycles. The fourth-order valence-corrected chi connectivity index (χ4v) is 4.81. The van der Waals surface area contributed by atoms with Crippen LogP contribution in [0.25, 0.3) is 0 Å². The van der Waals surface area contributed by atoms with E-state index in [2.05, 4.69) is 23.3 Å². The number of halogens is 2. The van der Waals surface area contributed by atoms with Crippen molar-refractivity contribution in [3.63, 3.8) is 0 Å². The van der Waals surface area contributed by atoms with Gasteiger partial charge in [0.15, 0.2) is 0 Å². The summed E-state index contributed by atoms with van der Waals surface area (Å²) in [5.41, 5.74) is 8.44. The van der Waals surface area contributed by atoms with Crippen LogP contribution in [0.15, 0.2) is 29.6 Å². The monoisotopic (exact) mass is 340 g/mol. The predicted octanol–water partition coefficient (Wildman–Crippen LogP) is 4.67. The van der Waals surface area contributed by atoms with Crippen LogP contribution in [0.5, 0.6) is 0 Å². The maximum absolute atomic E-state index is 6.38. The van der Waals surface area contributed by atoms with Gasteiger partial charge < -0.3 is 5.73 Å². The van der Waals surface area contributed by atoms with Gasteiger partial charge in [0.2, 0.25) is 0 Å². The molecule has 1 aromatic heterocycles. The summed E-state index contributed by atoms with van der Waals surface area (Å²) in [7, 11) is 0. The number of thiophene rings is 1. The first kappa shape index (κ1) is 15.3. The van der Waals surface area contributed by atoms with Crippen LogP contribution in [0.2, 0.25) is 10.0 Å². The number of hydrogen-bond donors (Lipinski definition) is 1. The second kappa shape index (κ2) is 6.27. The Morgan fingerprint density at radius 3 is 2.71 bits per heavy atom. The molecule has 0 saturated heterocycles. The minimum atomic E-state index is 0.0502. The van der Waals surface area contributed by atoms with Crippen molar-refractivity contribution in [2.24, 2.45) is 5.73 Å². The summed E-state index contributed by atoms with van der Waals surface area (Å²) >= 11 is 14.6. The number of nitrogens with zero attached hydrogens (tertiary/aromatic N) is 1. The highest BCUT2D eigenvalue weighted by Crippen LogP contribution is 2.41. The van der Waals surface area contributed by atoms with Crippen LogP contribution in [0.4, 0.5) is 0 Å². The van der Waals surface area contributed by atoms with Crippen molar-refractivity contribution in [3.8, 4) is 0 Å². The quantitative estimate of drug-likeness (QED) is 0.879. The lowest BCUT2D eigenvalue weighted by Gasteiger charge is -2.40. The maximum atomic E-state index is 6.38. The highest BCUT2D eigenvalue weighted by atomic mass is 35.5. The second-order valence-corrected chi connectivity index (χ2v) is 7.16. The average molecular weight is 341 g/mol. The van der Waals surface area contributed by atoms with Crippen LogP contribution >= 0.6 is 34.5 Å². The number of rotatable bonds is 3. The normalized spacial score (nSPS) is 20.3. The van der Waals surface area contributed by atoms with E-state index in [4.69, 9.17) is 28.9 Å². The van der Waals surface area contributed by atoms with Crippen molar-refractivity contribution in [2.75, 3.05) is 13.1 Å². The minimum Gasteiger partial charge on any atom is -0.329 e. The fraction of sp³-hybridized carbons (Fsp3) is 0.375. The smallest absolute Gasteiger partial charge is 0.0506 e. The van der Waals surface area contributed by atoms with E-state index in [0.29, 0.717) is 22.6 Å². The van der Waals surface area contributed by atoms with Gasteiger partial charge in [-0.05, 0) is 42.5 Å². The number of hydrogen-bond acceptors (Lipinski definition) is 3. The molecule has 21 heavy (non-hydrogen) atoms. The van der Waals surface area contributed by atoms with Crippen molar-refractivity contribution in [1.82, 2.24) is 4.90 Å². The molecule has 2 heterocycles. The predicted molar refractivity (Wildman–Crippen MR) is 91.4 cm³/mol. The van der Waals surface area contributed by atoms with Gasteiger partial charge in [-0.25, -0.2) is 0 Å². The van der Waals surface area contributed by atoms with Gasteiger partial charge in [-0.1, -0.05) is 29.3 Å². The number of benzene rings is 1. The Labute approximate surface area is 139 Å². The van der Waals surface area contributed by atoms with Gasteiger partial charge in [-0.2, -0.15) is 0 Å². The Morgan fingerprint density at radius 1 is 1.33 bits per heavy atom. The van der Waals surface area contributed by atoms with Crippen LogP contribution in [0, 0.1) is 0 Å². The van der Waals surface area contributed by atoms with Crippen molar-refractivity contribution in [2.45, 2.75) is 25.4 Å². The maximum Gasteiger partial charge on any atom is 0.0506 e. The van der Waals surface area contributed by atoms with Crippen LogP contribution in [0.3, 0.4) is 0 Å². The molecule has 2 unspecified atom stereocenters. The molecule has 5 heteroatoms. The van der Waals surface area contributed by atoms with E-state index in [9.17, 15) is 0 Å². The van der Waals surface area contributed by atoms with E-state index in [1.165, 1.54) is 10.4 Å². The Hall–Kier alpha value is -0.580. The number of fused-ring (bicyclic) bond motifs is 1. The zero-order chi connectivity index (χ0) is 15.0. The van der Waals surface area contributed by atoms with Crippen molar-refractivity contribution in [1.29, 1.82) is 0 Å². The molecule has 112 valence electrons. The first-order chi connectivity index (χ1) is 10.1. The van der Waals surface area contributed by atoms with Crippen molar-refractivity contribution in [3.05, 3.63) is 55.7 Å². The lowest BCUT2D eigenvalue weighted by atomic mass is 9.96. The molecule has 0 fully saturated rings. The molecule has 0 radical (unpaired) electrons. The summed E-state index contributed by atoms with van der Waals surface area (Å²) in [4.78, 5) is 3.90. The molecule has 0 saturated carbocycles. The average Bonchev–Trinajstić information content (AvgIpc) is 2.94. The van der Waals surface area contributed by atoms with E-state index in [1.807, 2.05) is 29.5 Å². The molecule has 2 N–H and O–H groups in total. The molecule has 0 amide bonds. The van der Waals surface area contributed by atoms with Gasteiger partial charge in [0.25, 0.3) is 0 Å². The van der Waals surface area contributed by atoms with Crippen LogP contribution in [-0.2, 0) is 6.42 Å². The van der Waals surface area contributed by atoms with Crippen molar-refractivity contribution >= 4 is 34.5 Å². The molecule has 2 nitrogen and oxygen atoms in total. The lowest BCUT2D eigenvalue weighted by Crippen LogP contribution is -2.40. The topological polar surface area (TPSA) is 29.3 Å². The molecule has 0 aliphatic carbocycles. The molecule has 2 aromatic rings. The summed E-state index contributed by atoms with van der Waals surface area (Å²) in [5, 5.41) is 3.56. The van der Waals surface area contributed by atoms with Gasteiger partial charge in [-0.3, -0.25) is 4.90 Å². The molecular weight excluding hydrogens is 323 g/mol. The molecule has 0 bridgehead atoms. The third kappa shape index (κ3) is 2.73. The van der Waals surface area contributed by atoms with Gasteiger partial charge >= 0.3 is 0 Å². The van der Waals surface area contributed by atoms with E-state index in [-0.39, 0.29) is 6.04 Å². The SMILES string of the molecule is CC1c2ccsc2CCN1C(CN)c1c(Cl)cccc1Cl. The largest absolute Gasteiger partial charge is 0.329 e. The first-order valence-electron chi connectivity index (χ1n) is 7.09. The Bertz CT molecular complexity index is 621. The van der Waals surface area contributed by atoms with Gasteiger partial charge in [-0.15, -0.1) is 11.3 Å². The van der Waals surface area contributed by atoms with Crippen LogP contribution in [-0.4, -0.2) is 18.0 Å². The number of nitrogens with two attached hydrogens (primary N) is 1. The standard InChI is InChI=1S/C16H18Cl2N2S/c1-10-11-6-8-21-15(11)5-7-20(10)14(9-19)16-12(17)3-2-4-13(16)18/h2-4,6,8,10,14H,5,7,9,19H2,1H3. The van der Waals surface area contributed by atoms with Gasteiger partial charge in [0.05, 0.1) is 6.04 Å². The molecule has 1 aliphatic heterocycles. The van der Waals surface area contributed by atoms with E-state index >= 15 is 0 Å². The summed E-state index contributed by atoms with van der Waals surface area (Å²) in [6.45, 7) is 3.73. The minimum absolute atomic E-state index is 0.0502. The Balaban J connectivity index is 1.98. The zero-order valence-corrected chi connectivity index (χ0v) is 14.2. The summed E-state index contributed by atoms with van der Waals surface area (Å²) in [6, 6.07) is 8.25. The van der Waals surface area contributed by atoms with Crippen LogP contribution < -0.4 is 5.73 Å². The Morgan fingerprint density at radius 2 is 2.05 bits per heavy atom. The van der Waals surface area contributed by atoms with E-state index < -0.39 is 0 Å².